The molecule has 0 spiro atoms. The lowest BCUT2D eigenvalue weighted by Gasteiger charge is -2.20. The van der Waals surface area contributed by atoms with Crippen LogP contribution in [0.15, 0.2) is 48.8 Å². The number of aromatic nitrogens is 4. The van der Waals surface area contributed by atoms with Gasteiger partial charge >= 0.3 is 0 Å². The summed E-state index contributed by atoms with van der Waals surface area (Å²) < 4.78 is 2.17. The summed E-state index contributed by atoms with van der Waals surface area (Å²) in [7, 11) is 0. The second-order valence-electron chi connectivity index (χ2n) is 9.00. The molecule has 0 saturated heterocycles. The van der Waals surface area contributed by atoms with Crippen LogP contribution in [0.5, 0.6) is 0 Å². The van der Waals surface area contributed by atoms with Crippen molar-refractivity contribution in [3.8, 4) is 0 Å². The Balaban J connectivity index is 1.37. The highest BCUT2D eigenvalue weighted by atomic mass is 16.1. The normalized spacial score (nSPS) is 15.2. The summed E-state index contributed by atoms with van der Waals surface area (Å²) in [4.78, 5) is 19.0. The summed E-state index contributed by atoms with van der Waals surface area (Å²) in [5.74, 6) is 2.31. The molecule has 2 aromatic heterocycles. The highest BCUT2D eigenvalue weighted by molar-refractivity contribution is 5.94. The second-order valence-corrected chi connectivity index (χ2v) is 9.00. The van der Waals surface area contributed by atoms with Crippen LogP contribution in [0.4, 0.5) is 0 Å². The van der Waals surface area contributed by atoms with Gasteiger partial charge in [-0.15, -0.1) is 10.2 Å². The van der Waals surface area contributed by atoms with Gasteiger partial charge in [0.05, 0.1) is 11.6 Å². The first-order chi connectivity index (χ1) is 15.5. The van der Waals surface area contributed by atoms with Crippen LogP contribution in [0.2, 0.25) is 0 Å². The van der Waals surface area contributed by atoms with E-state index >= 15 is 0 Å². The van der Waals surface area contributed by atoms with E-state index in [1.54, 1.807) is 24.5 Å². The number of carbonyl (C=O) groups is 1. The summed E-state index contributed by atoms with van der Waals surface area (Å²) in [5.41, 5.74) is 3.28. The first kappa shape index (κ1) is 22.1. The Hall–Kier alpha value is -3.06. The molecule has 0 saturated carbocycles. The fourth-order valence-electron chi connectivity index (χ4n) is 4.22. The minimum Gasteiger partial charge on any atom is -0.342 e. The number of fused-ring (bicyclic) bond motifs is 1. The van der Waals surface area contributed by atoms with Gasteiger partial charge in [0.25, 0.3) is 5.91 Å². The third kappa shape index (κ3) is 5.40. The van der Waals surface area contributed by atoms with E-state index in [1.807, 2.05) is 6.92 Å². The molecule has 32 heavy (non-hydrogen) atoms. The van der Waals surface area contributed by atoms with E-state index in [9.17, 15) is 4.79 Å². The molecule has 7 heteroatoms. The van der Waals surface area contributed by atoms with Gasteiger partial charge in [-0.25, -0.2) is 0 Å². The van der Waals surface area contributed by atoms with Gasteiger partial charge in [-0.05, 0) is 42.5 Å². The molecule has 3 heterocycles. The zero-order valence-corrected chi connectivity index (χ0v) is 19.2. The highest BCUT2D eigenvalue weighted by Gasteiger charge is 2.23. The quantitative estimate of drug-likeness (QED) is 0.619. The monoisotopic (exact) mass is 432 g/mol. The predicted molar refractivity (Wildman–Crippen MR) is 124 cm³/mol. The van der Waals surface area contributed by atoms with E-state index < -0.39 is 0 Å². The van der Waals surface area contributed by atoms with Gasteiger partial charge in [0.2, 0.25) is 0 Å². The van der Waals surface area contributed by atoms with Gasteiger partial charge in [-0.2, -0.15) is 0 Å². The number of pyridine rings is 1. The number of carbonyl (C=O) groups excluding carboxylic acids is 1. The van der Waals surface area contributed by atoms with Crippen molar-refractivity contribution >= 4 is 5.91 Å². The number of hydrogen-bond donors (Lipinski definition) is 1. The largest absolute Gasteiger partial charge is 0.342 e. The molecule has 1 amide bonds. The van der Waals surface area contributed by atoms with E-state index in [0.717, 1.165) is 50.7 Å². The van der Waals surface area contributed by atoms with Crippen LogP contribution in [0, 0.1) is 5.92 Å². The molecule has 3 aromatic rings. The molecular formula is C25H32N6O. The lowest BCUT2D eigenvalue weighted by atomic mass is 10.0. The first-order valence-corrected chi connectivity index (χ1v) is 11.4. The van der Waals surface area contributed by atoms with E-state index in [1.165, 1.54) is 11.1 Å². The SMILES string of the molecule is CC(C)Cc1ccc(CN2CCc3nnc([C@H](C)NC(=O)c4cccnc4)n3CC2)cc1. The van der Waals surface area contributed by atoms with Crippen LogP contribution < -0.4 is 5.32 Å². The molecule has 1 aliphatic heterocycles. The molecule has 1 atom stereocenters. The minimum absolute atomic E-state index is 0.154. The van der Waals surface area contributed by atoms with Gasteiger partial charge in [0.15, 0.2) is 5.82 Å². The van der Waals surface area contributed by atoms with Crippen molar-refractivity contribution in [2.24, 2.45) is 5.92 Å². The molecule has 4 rings (SSSR count). The van der Waals surface area contributed by atoms with Gasteiger partial charge in [-0.3, -0.25) is 14.7 Å². The topological polar surface area (TPSA) is 75.9 Å². The van der Waals surface area contributed by atoms with Crippen LogP contribution >= 0.6 is 0 Å². The predicted octanol–water partition coefficient (Wildman–Crippen LogP) is 3.42. The molecule has 7 nitrogen and oxygen atoms in total. The Morgan fingerprint density at radius 3 is 2.53 bits per heavy atom. The summed E-state index contributed by atoms with van der Waals surface area (Å²) in [6.07, 6.45) is 5.20. The molecular weight excluding hydrogens is 400 g/mol. The summed E-state index contributed by atoms with van der Waals surface area (Å²) in [6, 6.07) is 12.3. The molecule has 168 valence electrons. The highest BCUT2D eigenvalue weighted by Crippen LogP contribution is 2.18. The number of nitrogens with one attached hydrogen (secondary N) is 1. The van der Waals surface area contributed by atoms with Crippen molar-refractivity contribution in [2.45, 2.75) is 52.7 Å². The Morgan fingerprint density at radius 1 is 1.03 bits per heavy atom. The molecule has 1 aliphatic rings. The Labute approximate surface area is 189 Å². The van der Waals surface area contributed by atoms with E-state index in [4.69, 9.17) is 0 Å². The van der Waals surface area contributed by atoms with Crippen molar-refractivity contribution in [1.29, 1.82) is 0 Å². The number of hydrogen-bond acceptors (Lipinski definition) is 5. The maximum Gasteiger partial charge on any atom is 0.253 e. The first-order valence-electron chi connectivity index (χ1n) is 11.4. The zero-order valence-electron chi connectivity index (χ0n) is 19.2. The fourth-order valence-corrected chi connectivity index (χ4v) is 4.22. The van der Waals surface area contributed by atoms with E-state index in [0.29, 0.717) is 11.5 Å². The Morgan fingerprint density at radius 2 is 1.81 bits per heavy atom. The molecule has 0 fully saturated rings. The number of rotatable bonds is 7. The fraction of sp³-hybridized carbons (Fsp3) is 0.440. The van der Waals surface area contributed by atoms with Gasteiger partial charge in [0, 0.05) is 45.0 Å². The molecule has 1 N–H and O–H groups in total. The molecule has 0 bridgehead atoms. The minimum atomic E-state index is -0.232. The lowest BCUT2D eigenvalue weighted by molar-refractivity contribution is 0.0937. The third-order valence-electron chi connectivity index (χ3n) is 5.88. The number of benzene rings is 1. The van der Waals surface area contributed by atoms with Crippen molar-refractivity contribution in [3.05, 3.63) is 77.1 Å². The maximum atomic E-state index is 12.5. The van der Waals surface area contributed by atoms with Crippen molar-refractivity contribution in [1.82, 2.24) is 30.0 Å². The summed E-state index contributed by atoms with van der Waals surface area (Å²) >= 11 is 0. The van der Waals surface area contributed by atoms with E-state index in [-0.39, 0.29) is 11.9 Å². The van der Waals surface area contributed by atoms with Crippen LogP contribution in [-0.4, -0.2) is 43.6 Å². The van der Waals surface area contributed by atoms with Crippen LogP contribution in [0.3, 0.4) is 0 Å². The zero-order chi connectivity index (χ0) is 22.5. The van der Waals surface area contributed by atoms with Crippen molar-refractivity contribution in [3.63, 3.8) is 0 Å². The molecule has 0 radical (unpaired) electrons. The smallest absolute Gasteiger partial charge is 0.253 e. The van der Waals surface area contributed by atoms with Gasteiger partial charge in [0.1, 0.15) is 5.82 Å². The second kappa shape index (κ2) is 10.0. The molecule has 0 aliphatic carbocycles. The average molecular weight is 433 g/mol. The lowest BCUT2D eigenvalue weighted by Crippen LogP contribution is -2.30. The number of nitrogens with zero attached hydrogens (tertiary/aromatic N) is 5. The van der Waals surface area contributed by atoms with Gasteiger partial charge in [-0.1, -0.05) is 38.1 Å². The average Bonchev–Trinajstić information content (AvgIpc) is 3.10. The number of amides is 1. The van der Waals surface area contributed by atoms with Crippen LogP contribution in [0.25, 0.3) is 0 Å². The summed E-state index contributed by atoms with van der Waals surface area (Å²) in [5, 5.41) is 11.8. The Kier molecular flexibility index (Phi) is 6.95. The summed E-state index contributed by atoms with van der Waals surface area (Å²) in [6.45, 7) is 10.1. The third-order valence-corrected chi connectivity index (χ3v) is 5.88. The van der Waals surface area contributed by atoms with Crippen LogP contribution in [-0.2, 0) is 25.9 Å². The standard InChI is InChI=1S/C25H32N6O/c1-18(2)15-20-6-8-21(9-7-20)17-30-12-10-23-28-29-24(31(23)14-13-30)19(3)27-25(32)22-5-4-11-26-16-22/h4-9,11,16,18-19H,10,12-15,17H2,1-3H3,(H,27,32)/t19-/m0/s1. The molecule has 1 aromatic carbocycles. The molecule has 0 unspecified atom stereocenters. The van der Waals surface area contributed by atoms with E-state index in [2.05, 4.69) is 68.1 Å². The Bertz CT molecular complexity index is 1030. The van der Waals surface area contributed by atoms with Crippen LogP contribution in [0.1, 0.15) is 59.9 Å². The van der Waals surface area contributed by atoms with Gasteiger partial charge < -0.3 is 9.88 Å². The van der Waals surface area contributed by atoms with Crippen molar-refractivity contribution < 1.29 is 4.79 Å². The van der Waals surface area contributed by atoms with Crippen molar-refractivity contribution in [2.75, 3.05) is 13.1 Å². The maximum absolute atomic E-state index is 12.5.